The Morgan fingerprint density at radius 3 is 2.38 bits per heavy atom. The quantitative estimate of drug-likeness (QED) is 0.802. The Hall–Kier alpha value is -1.24. The lowest BCUT2D eigenvalue weighted by Crippen LogP contribution is -2.36. The van der Waals surface area contributed by atoms with Crippen LogP contribution < -0.4 is 0 Å². The maximum absolute atomic E-state index is 13.3. The van der Waals surface area contributed by atoms with Gasteiger partial charge in [-0.2, -0.15) is 4.31 Å². The lowest BCUT2D eigenvalue weighted by atomic mass is 10.1. The van der Waals surface area contributed by atoms with Crippen molar-refractivity contribution in [2.24, 2.45) is 0 Å². The summed E-state index contributed by atoms with van der Waals surface area (Å²) >= 11 is 0. The summed E-state index contributed by atoms with van der Waals surface area (Å²) < 4.78 is 45.3. The fourth-order valence-electron chi connectivity index (χ4n) is 2.66. The second-order valence-corrected chi connectivity index (χ2v) is 7.15. The first-order valence-corrected chi connectivity index (χ1v) is 8.24. The van der Waals surface area contributed by atoms with E-state index in [1.807, 2.05) is 6.08 Å². The van der Waals surface area contributed by atoms with E-state index in [0.29, 0.717) is 37.2 Å². The van der Waals surface area contributed by atoms with E-state index in [1.165, 1.54) is 16.4 Å². The van der Waals surface area contributed by atoms with Crippen LogP contribution in [-0.2, 0) is 14.8 Å². The average Bonchev–Trinajstić information content (AvgIpc) is 2.38. The van der Waals surface area contributed by atoms with Gasteiger partial charge in [0, 0.05) is 20.2 Å². The third-order valence-corrected chi connectivity index (χ3v) is 5.79. The standard InChI is InChI=1S/C15H20FNO3S/c1-11-8-14(16)9-12(2)15(11)21(18,19)17-6-4-13(5-7-17)10-20-3/h4,8-9H,5-7,10H2,1-3H3. The molecule has 0 amide bonds. The van der Waals surface area contributed by atoms with Crippen molar-refractivity contribution >= 4 is 10.0 Å². The number of ether oxygens (including phenoxy) is 1. The Morgan fingerprint density at radius 1 is 1.29 bits per heavy atom. The van der Waals surface area contributed by atoms with E-state index < -0.39 is 15.8 Å². The lowest BCUT2D eigenvalue weighted by Gasteiger charge is -2.27. The molecule has 1 aromatic rings. The van der Waals surface area contributed by atoms with Crippen LogP contribution in [0.1, 0.15) is 17.5 Å². The number of methoxy groups -OCH3 is 1. The van der Waals surface area contributed by atoms with Gasteiger partial charge < -0.3 is 4.74 Å². The molecule has 0 radical (unpaired) electrons. The maximum atomic E-state index is 13.3. The van der Waals surface area contributed by atoms with Gasteiger partial charge in [-0.25, -0.2) is 12.8 Å². The summed E-state index contributed by atoms with van der Waals surface area (Å²) in [7, 11) is -1.98. The van der Waals surface area contributed by atoms with Crippen LogP contribution in [0, 0.1) is 19.7 Å². The maximum Gasteiger partial charge on any atom is 0.243 e. The van der Waals surface area contributed by atoms with E-state index in [0.717, 1.165) is 5.57 Å². The summed E-state index contributed by atoms with van der Waals surface area (Å²) in [6, 6.07) is 2.52. The Morgan fingerprint density at radius 2 is 1.90 bits per heavy atom. The van der Waals surface area contributed by atoms with Crippen LogP contribution >= 0.6 is 0 Å². The molecule has 0 fully saturated rings. The summed E-state index contributed by atoms with van der Waals surface area (Å²) in [5.41, 5.74) is 2.00. The molecular formula is C15H20FNO3S. The molecule has 21 heavy (non-hydrogen) atoms. The van der Waals surface area contributed by atoms with Crippen molar-refractivity contribution in [2.75, 3.05) is 26.8 Å². The van der Waals surface area contributed by atoms with Crippen molar-refractivity contribution in [1.82, 2.24) is 4.31 Å². The van der Waals surface area contributed by atoms with E-state index in [9.17, 15) is 12.8 Å². The Balaban J connectivity index is 2.32. The molecule has 0 spiro atoms. The number of rotatable bonds is 4. The van der Waals surface area contributed by atoms with Gasteiger partial charge in [-0.05, 0) is 49.1 Å². The highest BCUT2D eigenvalue weighted by Crippen LogP contribution is 2.26. The molecule has 0 unspecified atom stereocenters. The molecule has 4 nitrogen and oxygen atoms in total. The minimum Gasteiger partial charge on any atom is -0.380 e. The van der Waals surface area contributed by atoms with Crippen molar-refractivity contribution in [1.29, 1.82) is 0 Å². The van der Waals surface area contributed by atoms with Crippen LogP contribution in [0.4, 0.5) is 4.39 Å². The largest absolute Gasteiger partial charge is 0.380 e. The van der Waals surface area contributed by atoms with Gasteiger partial charge in [0.15, 0.2) is 0 Å². The fourth-order valence-corrected chi connectivity index (χ4v) is 4.45. The molecular weight excluding hydrogens is 293 g/mol. The van der Waals surface area contributed by atoms with Crippen LogP contribution in [0.25, 0.3) is 0 Å². The minimum atomic E-state index is -3.60. The van der Waals surface area contributed by atoms with Crippen molar-refractivity contribution < 1.29 is 17.5 Å². The SMILES string of the molecule is COCC1=CCN(S(=O)(=O)c2c(C)cc(F)cc2C)CC1. The van der Waals surface area contributed by atoms with Crippen molar-refractivity contribution in [3.8, 4) is 0 Å². The average molecular weight is 313 g/mol. The molecule has 1 aliphatic heterocycles. The first-order chi connectivity index (χ1) is 9.86. The van der Waals surface area contributed by atoms with Crippen LogP contribution in [0.2, 0.25) is 0 Å². The predicted octanol–water partition coefficient (Wildman–Crippen LogP) is 2.41. The third kappa shape index (κ3) is 3.33. The van der Waals surface area contributed by atoms with E-state index in [-0.39, 0.29) is 4.90 Å². The van der Waals surface area contributed by atoms with E-state index >= 15 is 0 Å². The van der Waals surface area contributed by atoms with Gasteiger partial charge in [-0.1, -0.05) is 6.08 Å². The zero-order chi connectivity index (χ0) is 15.6. The molecule has 6 heteroatoms. The molecule has 0 bridgehead atoms. The highest BCUT2D eigenvalue weighted by molar-refractivity contribution is 7.89. The molecule has 0 N–H and O–H groups in total. The molecule has 1 aromatic carbocycles. The molecule has 0 atom stereocenters. The van der Waals surface area contributed by atoms with Gasteiger partial charge in [0.2, 0.25) is 10.0 Å². The van der Waals surface area contributed by atoms with E-state index in [4.69, 9.17) is 4.74 Å². The monoisotopic (exact) mass is 313 g/mol. The van der Waals surface area contributed by atoms with Gasteiger partial charge in [0.05, 0.1) is 11.5 Å². The lowest BCUT2D eigenvalue weighted by molar-refractivity contribution is 0.219. The Labute approximate surface area is 125 Å². The topological polar surface area (TPSA) is 46.6 Å². The van der Waals surface area contributed by atoms with Gasteiger partial charge in [-0.15, -0.1) is 0 Å². The minimum absolute atomic E-state index is 0.215. The first-order valence-electron chi connectivity index (χ1n) is 6.80. The number of halogens is 1. The molecule has 0 aromatic heterocycles. The molecule has 116 valence electrons. The molecule has 0 aliphatic carbocycles. The second-order valence-electron chi connectivity index (χ2n) is 5.28. The van der Waals surface area contributed by atoms with Crippen LogP contribution in [0.15, 0.2) is 28.7 Å². The number of hydrogen-bond acceptors (Lipinski definition) is 3. The zero-order valence-corrected chi connectivity index (χ0v) is 13.3. The fraction of sp³-hybridized carbons (Fsp3) is 0.467. The normalized spacial score (nSPS) is 16.9. The molecule has 0 saturated heterocycles. The van der Waals surface area contributed by atoms with Gasteiger partial charge in [-0.3, -0.25) is 0 Å². The Kier molecular flexibility index (Phi) is 4.81. The summed E-state index contributed by atoms with van der Waals surface area (Å²) in [6.07, 6.45) is 2.55. The van der Waals surface area contributed by atoms with E-state index in [2.05, 4.69) is 0 Å². The predicted molar refractivity (Wildman–Crippen MR) is 79.2 cm³/mol. The van der Waals surface area contributed by atoms with Crippen molar-refractivity contribution in [2.45, 2.75) is 25.2 Å². The van der Waals surface area contributed by atoms with Crippen LogP contribution in [-0.4, -0.2) is 39.5 Å². The first kappa shape index (κ1) is 16.1. The van der Waals surface area contributed by atoms with E-state index in [1.54, 1.807) is 21.0 Å². The van der Waals surface area contributed by atoms with Gasteiger partial charge in [0.25, 0.3) is 0 Å². The smallest absolute Gasteiger partial charge is 0.243 e. The van der Waals surface area contributed by atoms with Crippen LogP contribution in [0.3, 0.4) is 0 Å². The molecule has 1 aliphatic rings. The number of nitrogens with zero attached hydrogens (tertiary/aromatic N) is 1. The number of sulfonamides is 1. The Bertz CT molecular complexity index is 644. The van der Waals surface area contributed by atoms with Gasteiger partial charge in [0.1, 0.15) is 5.82 Å². The number of aryl methyl sites for hydroxylation is 2. The number of benzene rings is 1. The molecule has 2 rings (SSSR count). The van der Waals surface area contributed by atoms with Crippen molar-refractivity contribution in [3.05, 3.63) is 40.7 Å². The summed E-state index contributed by atoms with van der Waals surface area (Å²) in [5.74, 6) is -0.412. The third-order valence-electron chi connectivity index (χ3n) is 3.62. The summed E-state index contributed by atoms with van der Waals surface area (Å²) in [5, 5.41) is 0. The van der Waals surface area contributed by atoms with Gasteiger partial charge >= 0.3 is 0 Å². The number of hydrogen-bond donors (Lipinski definition) is 0. The molecule has 0 saturated carbocycles. The molecule has 1 heterocycles. The zero-order valence-electron chi connectivity index (χ0n) is 12.5. The second kappa shape index (κ2) is 6.25. The highest BCUT2D eigenvalue weighted by atomic mass is 32.2. The van der Waals surface area contributed by atoms with Crippen molar-refractivity contribution in [3.63, 3.8) is 0 Å². The summed E-state index contributed by atoms with van der Waals surface area (Å²) in [4.78, 5) is 0.215. The summed E-state index contributed by atoms with van der Waals surface area (Å²) in [6.45, 7) is 4.53. The van der Waals surface area contributed by atoms with Crippen LogP contribution in [0.5, 0.6) is 0 Å². The highest BCUT2D eigenvalue weighted by Gasteiger charge is 2.29.